The van der Waals surface area contributed by atoms with Gasteiger partial charge in [-0.25, -0.2) is 9.68 Å². The fraction of sp³-hybridized carbons (Fsp3) is 0.682. The Kier molecular flexibility index (Phi) is 5.94. The van der Waals surface area contributed by atoms with E-state index in [0.717, 1.165) is 25.7 Å². The van der Waals surface area contributed by atoms with Gasteiger partial charge in [-0.3, -0.25) is 0 Å². The summed E-state index contributed by atoms with van der Waals surface area (Å²) in [6.07, 6.45) is 3.39. The highest BCUT2D eigenvalue weighted by Gasteiger charge is 2.71. The minimum absolute atomic E-state index is 0.114. The lowest BCUT2D eigenvalue weighted by atomic mass is 9.65. The van der Waals surface area contributed by atoms with Crippen LogP contribution in [-0.2, 0) is 19.2 Å². The van der Waals surface area contributed by atoms with E-state index in [1.807, 2.05) is 18.2 Å². The van der Waals surface area contributed by atoms with Gasteiger partial charge in [0.05, 0.1) is 5.56 Å². The summed E-state index contributed by atoms with van der Waals surface area (Å²) in [5.74, 6) is -0.481. The highest BCUT2D eigenvalue weighted by Crippen LogP contribution is 2.57. The van der Waals surface area contributed by atoms with Crippen molar-refractivity contribution in [3.8, 4) is 0 Å². The van der Waals surface area contributed by atoms with Crippen LogP contribution in [0.1, 0.15) is 63.7 Å². The molecule has 0 spiro atoms. The molecule has 1 heterocycles. The van der Waals surface area contributed by atoms with Crippen LogP contribution in [0.3, 0.4) is 0 Å². The van der Waals surface area contributed by atoms with Crippen molar-refractivity contribution < 1.29 is 24.0 Å². The predicted octanol–water partition coefficient (Wildman–Crippen LogP) is 4.76. The highest BCUT2D eigenvalue weighted by atomic mass is 17.3. The monoisotopic (exact) mass is 376 g/mol. The van der Waals surface area contributed by atoms with Crippen LogP contribution >= 0.6 is 0 Å². The number of methoxy groups -OCH3 is 1. The van der Waals surface area contributed by atoms with E-state index in [1.165, 1.54) is 0 Å². The van der Waals surface area contributed by atoms with Gasteiger partial charge in [-0.2, -0.15) is 4.89 Å². The molecule has 1 saturated heterocycles. The third kappa shape index (κ3) is 3.30. The first-order chi connectivity index (χ1) is 12.9. The number of hydrogen-bond acceptors (Lipinski definition) is 5. The molecule has 1 aliphatic carbocycles. The Morgan fingerprint density at radius 1 is 1.07 bits per heavy atom. The van der Waals surface area contributed by atoms with Crippen molar-refractivity contribution >= 4 is 5.97 Å². The van der Waals surface area contributed by atoms with E-state index in [9.17, 15) is 4.79 Å². The van der Waals surface area contributed by atoms with Crippen molar-refractivity contribution in [2.45, 2.75) is 70.9 Å². The van der Waals surface area contributed by atoms with Gasteiger partial charge in [0, 0.05) is 13.0 Å². The van der Waals surface area contributed by atoms with E-state index >= 15 is 0 Å². The molecular formula is C22H32O5. The molecule has 3 rings (SSSR count). The second-order valence-electron chi connectivity index (χ2n) is 8.40. The van der Waals surface area contributed by atoms with Gasteiger partial charge in [0.2, 0.25) is 5.79 Å². The lowest BCUT2D eigenvalue weighted by Gasteiger charge is -2.62. The number of carbonyl (C=O) groups is 1. The van der Waals surface area contributed by atoms with Crippen LogP contribution in [0.4, 0.5) is 0 Å². The van der Waals surface area contributed by atoms with Crippen LogP contribution in [0, 0.1) is 17.8 Å². The molecule has 0 amide bonds. The first kappa shape index (κ1) is 20.3. The first-order valence-corrected chi connectivity index (χ1v) is 10.1. The van der Waals surface area contributed by atoms with E-state index in [-0.39, 0.29) is 29.8 Å². The Morgan fingerprint density at radius 2 is 1.74 bits per heavy atom. The molecule has 1 aromatic rings. The summed E-state index contributed by atoms with van der Waals surface area (Å²) in [4.78, 5) is 23.9. The molecule has 2 fully saturated rings. The molecule has 5 heteroatoms. The van der Waals surface area contributed by atoms with Crippen LogP contribution < -0.4 is 0 Å². The maximum Gasteiger partial charge on any atom is 0.338 e. The maximum atomic E-state index is 12.5. The minimum Gasteiger partial charge on any atom is -0.459 e. The van der Waals surface area contributed by atoms with Gasteiger partial charge in [-0.1, -0.05) is 45.9 Å². The quantitative estimate of drug-likeness (QED) is 0.529. The van der Waals surface area contributed by atoms with Crippen LogP contribution in [0.25, 0.3) is 0 Å². The van der Waals surface area contributed by atoms with E-state index < -0.39 is 11.4 Å². The molecule has 2 aliphatic rings. The summed E-state index contributed by atoms with van der Waals surface area (Å²) in [6, 6.07) is 9.15. The number of ether oxygens (including phenoxy) is 2. The van der Waals surface area contributed by atoms with Crippen LogP contribution in [0.2, 0.25) is 0 Å². The van der Waals surface area contributed by atoms with Gasteiger partial charge in [0.25, 0.3) is 0 Å². The maximum absolute atomic E-state index is 12.5. The summed E-state index contributed by atoms with van der Waals surface area (Å²) in [5, 5.41) is 0. The Labute approximate surface area is 162 Å². The third-order valence-corrected chi connectivity index (χ3v) is 6.31. The molecule has 3 unspecified atom stereocenters. The molecule has 0 aromatic heterocycles. The fourth-order valence-electron chi connectivity index (χ4n) is 5.02. The smallest absolute Gasteiger partial charge is 0.338 e. The Bertz CT molecular complexity index is 629. The molecule has 1 saturated carbocycles. The van der Waals surface area contributed by atoms with Gasteiger partial charge in [0.1, 0.15) is 6.10 Å². The topological polar surface area (TPSA) is 54.0 Å². The lowest BCUT2D eigenvalue weighted by Crippen LogP contribution is -2.76. The van der Waals surface area contributed by atoms with Crippen molar-refractivity contribution in [3.63, 3.8) is 0 Å². The van der Waals surface area contributed by atoms with Gasteiger partial charge >= 0.3 is 5.97 Å². The largest absolute Gasteiger partial charge is 0.459 e. The Hall–Kier alpha value is -1.43. The Balaban J connectivity index is 1.76. The summed E-state index contributed by atoms with van der Waals surface area (Å²) in [7, 11) is 1.70. The summed E-state index contributed by atoms with van der Waals surface area (Å²) in [6.45, 7) is 8.58. The standard InChI is InChI=1S/C22H32O5/c1-15(2)21(16(3)4)22(24-5,27-26-21)18-12-9-13-19(14-18)25-20(23)17-10-7-6-8-11-17/h6-8,10-11,15-16,18-19H,9,12-14H2,1-5H3. The molecule has 5 nitrogen and oxygen atoms in total. The average molecular weight is 376 g/mol. The van der Waals surface area contributed by atoms with Crippen molar-refractivity contribution in [2.24, 2.45) is 17.8 Å². The summed E-state index contributed by atoms with van der Waals surface area (Å²) >= 11 is 0. The molecule has 1 aliphatic heterocycles. The Morgan fingerprint density at radius 3 is 2.26 bits per heavy atom. The number of esters is 1. The van der Waals surface area contributed by atoms with E-state index in [2.05, 4.69) is 27.7 Å². The number of hydrogen-bond donors (Lipinski definition) is 0. The molecular weight excluding hydrogens is 344 g/mol. The molecule has 27 heavy (non-hydrogen) atoms. The molecule has 0 bridgehead atoms. The van der Waals surface area contributed by atoms with Gasteiger partial charge in [0.15, 0.2) is 5.60 Å². The number of carbonyl (C=O) groups excluding carboxylic acids is 1. The summed E-state index contributed by atoms with van der Waals surface area (Å²) < 4.78 is 11.8. The first-order valence-electron chi connectivity index (χ1n) is 10.1. The highest BCUT2D eigenvalue weighted by molar-refractivity contribution is 5.89. The van der Waals surface area contributed by atoms with Gasteiger partial charge in [-0.05, 0) is 49.7 Å². The summed E-state index contributed by atoms with van der Waals surface area (Å²) in [5.41, 5.74) is 0.0839. The molecule has 0 radical (unpaired) electrons. The zero-order chi connectivity index (χ0) is 19.7. The van der Waals surface area contributed by atoms with Crippen LogP contribution in [-0.4, -0.2) is 30.6 Å². The number of benzene rings is 1. The zero-order valence-electron chi connectivity index (χ0n) is 17.1. The van der Waals surface area contributed by atoms with Crippen molar-refractivity contribution in [1.82, 2.24) is 0 Å². The van der Waals surface area contributed by atoms with Crippen molar-refractivity contribution in [1.29, 1.82) is 0 Å². The average Bonchev–Trinajstić information content (AvgIpc) is 2.62. The second kappa shape index (κ2) is 7.90. The van der Waals surface area contributed by atoms with E-state index in [4.69, 9.17) is 19.2 Å². The van der Waals surface area contributed by atoms with Gasteiger partial charge < -0.3 is 9.47 Å². The minimum atomic E-state index is -0.798. The van der Waals surface area contributed by atoms with Crippen molar-refractivity contribution in [2.75, 3.05) is 7.11 Å². The molecule has 1 aromatic carbocycles. The SMILES string of the molecule is COC1(C2CCCC(OC(=O)c3ccccc3)C2)OOC1(C(C)C)C(C)C. The third-order valence-electron chi connectivity index (χ3n) is 6.31. The zero-order valence-corrected chi connectivity index (χ0v) is 17.1. The second-order valence-corrected chi connectivity index (χ2v) is 8.40. The molecule has 3 atom stereocenters. The fourth-order valence-corrected chi connectivity index (χ4v) is 5.02. The molecule has 150 valence electrons. The normalized spacial score (nSPS) is 30.2. The predicted molar refractivity (Wildman–Crippen MR) is 102 cm³/mol. The van der Waals surface area contributed by atoms with E-state index in [1.54, 1.807) is 19.2 Å². The number of rotatable bonds is 6. The van der Waals surface area contributed by atoms with Gasteiger partial charge in [-0.15, -0.1) is 0 Å². The lowest BCUT2D eigenvalue weighted by molar-refractivity contribution is -0.636. The van der Waals surface area contributed by atoms with Crippen LogP contribution in [0.5, 0.6) is 0 Å². The van der Waals surface area contributed by atoms with Crippen LogP contribution in [0.15, 0.2) is 30.3 Å². The molecule has 0 N–H and O–H groups in total. The van der Waals surface area contributed by atoms with Crippen molar-refractivity contribution in [3.05, 3.63) is 35.9 Å². The van der Waals surface area contributed by atoms with E-state index in [0.29, 0.717) is 5.56 Å².